The molecule has 0 aromatic carbocycles. The fourth-order valence-electron chi connectivity index (χ4n) is 2.66. The van der Waals surface area contributed by atoms with Crippen LogP contribution in [0.3, 0.4) is 0 Å². The first-order valence-electron chi connectivity index (χ1n) is 7.95. The van der Waals surface area contributed by atoms with Crippen molar-refractivity contribution >= 4 is 5.91 Å². The molecule has 1 N–H and O–H groups in total. The van der Waals surface area contributed by atoms with Crippen LogP contribution in [0.4, 0.5) is 13.2 Å². The average Bonchev–Trinajstić information content (AvgIpc) is 3.02. The maximum atomic E-state index is 12.5. The molecular formula is C15H23F3N4O2. The second-order valence-corrected chi connectivity index (χ2v) is 6.12. The van der Waals surface area contributed by atoms with Gasteiger partial charge >= 0.3 is 6.18 Å². The van der Waals surface area contributed by atoms with E-state index in [0.29, 0.717) is 19.8 Å². The van der Waals surface area contributed by atoms with Crippen molar-refractivity contribution in [1.29, 1.82) is 0 Å². The summed E-state index contributed by atoms with van der Waals surface area (Å²) in [5, 5.41) is 6.18. The van der Waals surface area contributed by atoms with Crippen LogP contribution in [-0.2, 0) is 22.3 Å². The van der Waals surface area contributed by atoms with E-state index in [2.05, 4.69) is 22.2 Å². The maximum Gasteiger partial charge on any atom is 0.435 e. The van der Waals surface area contributed by atoms with E-state index < -0.39 is 11.9 Å². The number of alkyl halides is 3. The molecule has 1 aliphatic heterocycles. The van der Waals surface area contributed by atoms with Crippen LogP contribution in [0.25, 0.3) is 0 Å². The van der Waals surface area contributed by atoms with Gasteiger partial charge in [-0.2, -0.15) is 18.3 Å². The van der Waals surface area contributed by atoms with Gasteiger partial charge in [-0.25, -0.2) is 0 Å². The van der Waals surface area contributed by atoms with Crippen LogP contribution in [0.1, 0.15) is 26.0 Å². The lowest BCUT2D eigenvalue weighted by Crippen LogP contribution is -2.57. The predicted octanol–water partition coefficient (Wildman–Crippen LogP) is 1.52. The third-order valence-electron chi connectivity index (χ3n) is 4.44. The number of rotatable bonds is 6. The molecule has 2 heterocycles. The molecule has 0 radical (unpaired) electrons. The number of amides is 1. The molecular weight excluding hydrogens is 325 g/mol. The molecule has 1 saturated heterocycles. The summed E-state index contributed by atoms with van der Waals surface area (Å²) in [6.07, 6.45) is -2.50. The Balaban J connectivity index is 1.88. The number of carbonyl (C=O) groups is 1. The summed E-state index contributed by atoms with van der Waals surface area (Å²) in [5.41, 5.74) is -1.21. The smallest absolute Gasteiger partial charge is 0.379 e. The molecule has 1 aliphatic rings. The number of morpholine rings is 1. The molecule has 6 nitrogen and oxygen atoms in total. The quantitative estimate of drug-likeness (QED) is 0.847. The number of aromatic nitrogens is 2. The van der Waals surface area contributed by atoms with Crippen molar-refractivity contribution in [3.8, 4) is 0 Å². The highest BCUT2D eigenvalue weighted by Gasteiger charge is 2.34. The summed E-state index contributed by atoms with van der Waals surface area (Å²) < 4.78 is 43.8. The van der Waals surface area contributed by atoms with Gasteiger partial charge in [-0.05, 0) is 19.4 Å². The highest BCUT2D eigenvalue weighted by Crippen LogP contribution is 2.27. The highest BCUT2D eigenvalue weighted by atomic mass is 19.4. The molecule has 0 spiro atoms. The van der Waals surface area contributed by atoms with Crippen LogP contribution in [0.15, 0.2) is 12.3 Å². The van der Waals surface area contributed by atoms with Crippen molar-refractivity contribution in [2.45, 2.75) is 38.5 Å². The molecule has 2 rings (SSSR count). The molecule has 1 aromatic heterocycles. The van der Waals surface area contributed by atoms with Gasteiger partial charge in [0.2, 0.25) is 5.91 Å². The summed E-state index contributed by atoms with van der Waals surface area (Å²) in [4.78, 5) is 14.3. The van der Waals surface area contributed by atoms with E-state index in [1.54, 1.807) is 0 Å². The zero-order chi connectivity index (χ0) is 17.8. The fourth-order valence-corrected chi connectivity index (χ4v) is 2.66. The van der Waals surface area contributed by atoms with Crippen molar-refractivity contribution in [2.24, 2.45) is 0 Å². The van der Waals surface area contributed by atoms with Crippen molar-refractivity contribution in [1.82, 2.24) is 20.0 Å². The summed E-state index contributed by atoms with van der Waals surface area (Å²) in [6, 6.07) is 0.858. The van der Waals surface area contributed by atoms with Crippen LogP contribution in [-0.4, -0.2) is 59.0 Å². The van der Waals surface area contributed by atoms with Gasteiger partial charge in [0.15, 0.2) is 5.69 Å². The van der Waals surface area contributed by atoms with Gasteiger partial charge in [0.1, 0.15) is 6.54 Å². The number of carbonyl (C=O) groups excluding carboxylic acids is 1. The number of hydrogen-bond donors (Lipinski definition) is 1. The van der Waals surface area contributed by atoms with Crippen LogP contribution in [0.5, 0.6) is 0 Å². The minimum Gasteiger partial charge on any atom is -0.379 e. The lowest BCUT2D eigenvalue weighted by Gasteiger charge is -2.43. The van der Waals surface area contributed by atoms with E-state index in [1.165, 1.54) is 0 Å². The minimum atomic E-state index is -4.50. The lowest BCUT2D eigenvalue weighted by atomic mass is 9.95. The standard InChI is InChI=1S/C15H23F3N4O2/c1-3-14(2,21-6-8-24-9-7-21)11-19-13(23)10-22-5-4-12(20-22)15(16,17)18/h4-5H,3,6-11H2,1-2H3,(H,19,23)/t14-/m0/s1. The van der Waals surface area contributed by atoms with Gasteiger partial charge in [-0.3, -0.25) is 14.4 Å². The highest BCUT2D eigenvalue weighted by molar-refractivity contribution is 5.75. The van der Waals surface area contributed by atoms with Crippen molar-refractivity contribution in [2.75, 3.05) is 32.8 Å². The molecule has 1 aromatic rings. The zero-order valence-electron chi connectivity index (χ0n) is 13.9. The molecule has 0 bridgehead atoms. The number of nitrogens with one attached hydrogen (secondary N) is 1. The second kappa shape index (κ2) is 7.52. The Hall–Kier alpha value is -1.61. The third kappa shape index (κ3) is 4.70. The summed E-state index contributed by atoms with van der Waals surface area (Å²) in [6.45, 7) is 7.23. The van der Waals surface area contributed by atoms with Gasteiger partial charge in [0.25, 0.3) is 0 Å². The monoisotopic (exact) mass is 348 g/mol. The van der Waals surface area contributed by atoms with Gasteiger partial charge in [0.05, 0.1) is 13.2 Å². The molecule has 1 fully saturated rings. The third-order valence-corrected chi connectivity index (χ3v) is 4.44. The molecule has 1 amide bonds. The Morgan fingerprint density at radius 2 is 2.04 bits per heavy atom. The largest absolute Gasteiger partial charge is 0.435 e. The molecule has 136 valence electrons. The first-order chi connectivity index (χ1) is 11.2. The predicted molar refractivity (Wildman–Crippen MR) is 81.3 cm³/mol. The Labute approximate surface area is 138 Å². The van der Waals surface area contributed by atoms with Gasteiger partial charge in [-0.15, -0.1) is 0 Å². The van der Waals surface area contributed by atoms with Gasteiger partial charge in [0, 0.05) is 31.4 Å². The Morgan fingerprint density at radius 3 is 2.58 bits per heavy atom. The van der Waals surface area contributed by atoms with E-state index in [9.17, 15) is 18.0 Å². The maximum absolute atomic E-state index is 12.5. The Kier molecular flexibility index (Phi) is 5.87. The topological polar surface area (TPSA) is 59.4 Å². The Bertz CT molecular complexity index is 555. The molecule has 0 saturated carbocycles. The van der Waals surface area contributed by atoms with E-state index in [1.807, 2.05) is 6.92 Å². The molecule has 24 heavy (non-hydrogen) atoms. The summed E-state index contributed by atoms with van der Waals surface area (Å²) in [7, 11) is 0. The van der Waals surface area contributed by atoms with E-state index in [-0.39, 0.29) is 18.0 Å². The summed E-state index contributed by atoms with van der Waals surface area (Å²) in [5.74, 6) is -0.361. The van der Waals surface area contributed by atoms with Crippen molar-refractivity contribution < 1.29 is 22.7 Å². The number of hydrogen-bond acceptors (Lipinski definition) is 4. The van der Waals surface area contributed by atoms with Crippen LogP contribution in [0.2, 0.25) is 0 Å². The van der Waals surface area contributed by atoms with Crippen LogP contribution >= 0.6 is 0 Å². The van der Waals surface area contributed by atoms with Gasteiger partial charge < -0.3 is 10.1 Å². The zero-order valence-corrected chi connectivity index (χ0v) is 13.9. The van der Waals surface area contributed by atoms with E-state index in [4.69, 9.17) is 4.74 Å². The average molecular weight is 348 g/mol. The molecule has 0 aliphatic carbocycles. The summed E-state index contributed by atoms with van der Waals surface area (Å²) >= 11 is 0. The lowest BCUT2D eigenvalue weighted by molar-refractivity contribution is -0.141. The number of halogens is 3. The first kappa shape index (κ1) is 18.7. The second-order valence-electron chi connectivity index (χ2n) is 6.12. The number of nitrogens with zero attached hydrogens (tertiary/aromatic N) is 3. The van der Waals surface area contributed by atoms with Crippen molar-refractivity contribution in [3.05, 3.63) is 18.0 Å². The first-order valence-corrected chi connectivity index (χ1v) is 7.95. The SMILES string of the molecule is CC[C@@](C)(CNC(=O)Cn1ccc(C(F)(F)F)n1)N1CCOCC1. The molecule has 1 atom stereocenters. The minimum absolute atomic E-state index is 0.208. The molecule has 0 unspecified atom stereocenters. The number of ether oxygens (including phenoxy) is 1. The van der Waals surface area contributed by atoms with E-state index in [0.717, 1.165) is 36.5 Å². The van der Waals surface area contributed by atoms with Crippen LogP contribution < -0.4 is 5.32 Å². The van der Waals surface area contributed by atoms with Crippen molar-refractivity contribution in [3.63, 3.8) is 0 Å². The normalized spacial score (nSPS) is 19.0. The van der Waals surface area contributed by atoms with E-state index >= 15 is 0 Å². The Morgan fingerprint density at radius 1 is 1.38 bits per heavy atom. The van der Waals surface area contributed by atoms with Crippen LogP contribution in [0, 0.1) is 0 Å². The fraction of sp³-hybridized carbons (Fsp3) is 0.733. The van der Waals surface area contributed by atoms with Gasteiger partial charge in [-0.1, -0.05) is 6.92 Å². The molecule has 9 heteroatoms.